The van der Waals surface area contributed by atoms with Gasteiger partial charge in [-0.15, -0.1) is 0 Å². The monoisotopic (exact) mass is 382 g/mol. The summed E-state index contributed by atoms with van der Waals surface area (Å²) < 4.78 is 25.4. The summed E-state index contributed by atoms with van der Waals surface area (Å²) in [6.07, 6.45) is 0.779. The SMILES string of the molecule is CCS(=O)(=O)NCCCN1CCN(C(=O)N(C)Cc2ccccc2)CC1. The standard InChI is InChI=1S/C18H30N4O3S/c1-3-26(24,25)19-10-7-11-21-12-14-22(15-13-21)18(23)20(2)16-17-8-5-4-6-9-17/h4-6,8-9,19H,3,7,10-16H2,1-2H3. The molecule has 0 aliphatic carbocycles. The van der Waals surface area contributed by atoms with Crippen molar-refractivity contribution >= 4 is 16.1 Å². The Balaban J connectivity index is 1.68. The number of urea groups is 1. The minimum Gasteiger partial charge on any atom is -0.323 e. The van der Waals surface area contributed by atoms with Gasteiger partial charge in [-0.2, -0.15) is 0 Å². The van der Waals surface area contributed by atoms with Crippen LogP contribution >= 0.6 is 0 Å². The predicted molar refractivity (Wildman–Crippen MR) is 103 cm³/mol. The molecule has 0 radical (unpaired) electrons. The maximum absolute atomic E-state index is 12.6. The summed E-state index contributed by atoms with van der Waals surface area (Å²) in [6, 6.07) is 10.0. The van der Waals surface area contributed by atoms with Gasteiger partial charge in [0.05, 0.1) is 5.75 Å². The number of piperazine rings is 1. The highest BCUT2D eigenvalue weighted by Gasteiger charge is 2.23. The van der Waals surface area contributed by atoms with Crippen molar-refractivity contribution in [2.45, 2.75) is 19.9 Å². The lowest BCUT2D eigenvalue weighted by atomic mass is 10.2. The zero-order chi connectivity index (χ0) is 19.0. The second kappa shape index (κ2) is 9.89. The van der Waals surface area contributed by atoms with Crippen molar-refractivity contribution < 1.29 is 13.2 Å². The third-order valence-corrected chi connectivity index (χ3v) is 5.99. The first kappa shape index (κ1) is 20.7. The van der Waals surface area contributed by atoms with Crippen molar-refractivity contribution in [2.75, 3.05) is 52.1 Å². The Morgan fingerprint density at radius 3 is 2.42 bits per heavy atom. The lowest BCUT2D eigenvalue weighted by Crippen LogP contribution is -2.52. The summed E-state index contributed by atoms with van der Waals surface area (Å²) in [5.74, 6) is 0.115. The number of nitrogens with one attached hydrogen (secondary N) is 1. The van der Waals surface area contributed by atoms with E-state index in [2.05, 4.69) is 9.62 Å². The van der Waals surface area contributed by atoms with Crippen LogP contribution < -0.4 is 4.72 Å². The number of rotatable bonds is 8. The Kier molecular flexibility index (Phi) is 7.86. The van der Waals surface area contributed by atoms with E-state index in [-0.39, 0.29) is 11.8 Å². The molecule has 146 valence electrons. The van der Waals surface area contributed by atoms with Gasteiger partial charge in [-0.1, -0.05) is 30.3 Å². The summed E-state index contributed by atoms with van der Waals surface area (Å²) >= 11 is 0. The van der Waals surface area contributed by atoms with Gasteiger partial charge in [-0.3, -0.25) is 4.90 Å². The van der Waals surface area contributed by atoms with Crippen LogP contribution in [0.5, 0.6) is 0 Å². The molecule has 1 aliphatic heterocycles. The zero-order valence-electron chi connectivity index (χ0n) is 15.7. The van der Waals surface area contributed by atoms with Gasteiger partial charge in [0.15, 0.2) is 0 Å². The van der Waals surface area contributed by atoms with Gasteiger partial charge in [0.2, 0.25) is 10.0 Å². The molecule has 0 saturated carbocycles. The maximum Gasteiger partial charge on any atom is 0.320 e. The molecule has 1 aliphatic rings. The Labute approximate surface area is 157 Å². The first-order chi connectivity index (χ1) is 12.4. The van der Waals surface area contributed by atoms with Gasteiger partial charge in [0, 0.05) is 46.3 Å². The average Bonchev–Trinajstić information content (AvgIpc) is 2.66. The lowest BCUT2D eigenvalue weighted by molar-refractivity contribution is 0.117. The first-order valence-corrected chi connectivity index (χ1v) is 10.8. The molecule has 7 nitrogen and oxygen atoms in total. The van der Waals surface area contributed by atoms with Crippen molar-refractivity contribution in [2.24, 2.45) is 0 Å². The smallest absolute Gasteiger partial charge is 0.320 e. The van der Waals surface area contributed by atoms with Gasteiger partial charge < -0.3 is 9.80 Å². The molecule has 0 unspecified atom stereocenters. The van der Waals surface area contributed by atoms with E-state index in [4.69, 9.17) is 0 Å². The van der Waals surface area contributed by atoms with Crippen LogP contribution in [0.1, 0.15) is 18.9 Å². The largest absolute Gasteiger partial charge is 0.323 e. The van der Waals surface area contributed by atoms with E-state index < -0.39 is 10.0 Å². The van der Waals surface area contributed by atoms with Crippen molar-refractivity contribution in [1.29, 1.82) is 0 Å². The van der Waals surface area contributed by atoms with Crippen molar-refractivity contribution in [3.05, 3.63) is 35.9 Å². The summed E-state index contributed by atoms with van der Waals surface area (Å²) in [5.41, 5.74) is 1.12. The van der Waals surface area contributed by atoms with Crippen molar-refractivity contribution in [3.8, 4) is 0 Å². The number of benzene rings is 1. The molecule has 26 heavy (non-hydrogen) atoms. The lowest BCUT2D eigenvalue weighted by Gasteiger charge is -2.36. The molecular formula is C18H30N4O3S. The fourth-order valence-corrected chi connectivity index (χ4v) is 3.62. The van der Waals surface area contributed by atoms with E-state index in [9.17, 15) is 13.2 Å². The Morgan fingerprint density at radius 2 is 1.81 bits per heavy atom. The number of nitrogens with zero attached hydrogens (tertiary/aromatic N) is 3. The third-order valence-electron chi connectivity index (χ3n) is 4.59. The van der Waals surface area contributed by atoms with Crippen molar-refractivity contribution in [3.63, 3.8) is 0 Å². The highest BCUT2D eigenvalue weighted by Crippen LogP contribution is 2.09. The van der Waals surface area contributed by atoms with Crippen LogP contribution in [-0.4, -0.2) is 81.2 Å². The average molecular weight is 383 g/mol. The van der Waals surface area contributed by atoms with Gasteiger partial charge in [0.25, 0.3) is 0 Å². The summed E-state index contributed by atoms with van der Waals surface area (Å²) in [5, 5.41) is 0. The zero-order valence-corrected chi connectivity index (χ0v) is 16.5. The molecule has 1 N–H and O–H groups in total. The second-order valence-electron chi connectivity index (χ2n) is 6.60. The van der Waals surface area contributed by atoms with Crippen LogP contribution in [0.25, 0.3) is 0 Å². The minimum absolute atomic E-state index is 0.0595. The molecule has 0 atom stereocenters. The molecule has 1 aromatic rings. The number of amides is 2. The fourth-order valence-electron chi connectivity index (χ4n) is 2.96. The maximum atomic E-state index is 12.6. The molecule has 1 heterocycles. The van der Waals surface area contributed by atoms with Gasteiger partial charge in [-0.25, -0.2) is 17.9 Å². The van der Waals surface area contributed by atoms with E-state index in [1.807, 2.05) is 42.3 Å². The molecule has 2 rings (SSSR count). The van der Waals surface area contributed by atoms with Crippen LogP contribution in [0.2, 0.25) is 0 Å². The van der Waals surface area contributed by atoms with Crippen LogP contribution in [0.15, 0.2) is 30.3 Å². The number of hydrogen-bond donors (Lipinski definition) is 1. The highest BCUT2D eigenvalue weighted by atomic mass is 32.2. The van der Waals surface area contributed by atoms with E-state index in [0.29, 0.717) is 26.2 Å². The first-order valence-electron chi connectivity index (χ1n) is 9.15. The van der Waals surface area contributed by atoms with E-state index in [1.54, 1.807) is 11.8 Å². The predicted octanol–water partition coefficient (Wildman–Crippen LogP) is 1.19. The molecule has 0 spiro atoms. The quantitative estimate of drug-likeness (QED) is 0.686. The molecule has 1 aromatic carbocycles. The summed E-state index contributed by atoms with van der Waals surface area (Å²) in [4.78, 5) is 18.5. The van der Waals surface area contributed by atoms with Gasteiger partial charge in [0.1, 0.15) is 0 Å². The van der Waals surface area contributed by atoms with Crippen LogP contribution in [0.4, 0.5) is 4.79 Å². The Morgan fingerprint density at radius 1 is 1.15 bits per heavy atom. The topological polar surface area (TPSA) is 73.0 Å². The highest BCUT2D eigenvalue weighted by molar-refractivity contribution is 7.89. The third kappa shape index (κ3) is 6.59. The van der Waals surface area contributed by atoms with Crippen molar-refractivity contribution in [1.82, 2.24) is 19.4 Å². The second-order valence-corrected chi connectivity index (χ2v) is 8.70. The van der Waals surface area contributed by atoms with Crippen LogP contribution in [0, 0.1) is 0 Å². The normalized spacial score (nSPS) is 15.8. The minimum atomic E-state index is -3.10. The van der Waals surface area contributed by atoms with E-state index in [1.165, 1.54) is 0 Å². The van der Waals surface area contributed by atoms with E-state index >= 15 is 0 Å². The summed E-state index contributed by atoms with van der Waals surface area (Å²) in [7, 11) is -1.27. The Bertz CT molecular complexity index is 658. The van der Waals surface area contributed by atoms with E-state index in [0.717, 1.165) is 31.6 Å². The number of hydrogen-bond acceptors (Lipinski definition) is 4. The Hall–Kier alpha value is -1.64. The van der Waals surface area contributed by atoms with Gasteiger partial charge >= 0.3 is 6.03 Å². The molecule has 1 fully saturated rings. The molecular weight excluding hydrogens is 352 g/mol. The van der Waals surface area contributed by atoms with Crippen LogP contribution in [-0.2, 0) is 16.6 Å². The molecule has 8 heteroatoms. The molecule has 2 amide bonds. The van der Waals surface area contributed by atoms with Gasteiger partial charge in [-0.05, 0) is 25.5 Å². The molecule has 1 saturated heterocycles. The number of carbonyl (C=O) groups is 1. The summed E-state index contributed by atoms with van der Waals surface area (Å²) in [6.45, 7) is 6.61. The van der Waals surface area contributed by atoms with Crippen LogP contribution in [0.3, 0.4) is 0 Å². The fraction of sp³-hybridized carbons (Fsp3) is 0.611. The number of carbonyl (C=O) groups excluding carboxylic acids is 1. The molecule has 0 aromatic heterocycles. The number of sulfonamides is 1. The molecule has 0 bridgehead atoms.